The summed E-state index contributed by atoms with van der Waals surface area (Å²) in [5.41, 5.74) is 1.32. The van der Waals surface area contributed by atoms with Crippen LogP contribution in [0.4, 0.5) is 0 Å². The first-order chi connectivity index (χ1) is 11.0. The van der Waals surface area contributed by atoms with Gasteiger partial charge in [-0.25, -0.2) is 4.79 Å². The van der Waals surface area contributed by atoms with Crippen molar-refractivity contribution >= 4 is 35.0 Å². The van der Waals surface area contributed by atoms with E-state index in [1.54, 1.807) is 6.07 Å². The standard InChI is InChI=1S/C17H18Cl2O4/c18-15-12(23-8-13(20)21)7-10-6-11(9-4-2-1-3-5-9)17(22)14(10)16(15)19/h7,9,11H,1-6,8H2,(H,20,21)/t11-/m0/s1. The maximum Gasteiger partial charge on any atom is 0.341 e. The second-order valence-corrected chi connectivity index (χ2v) is 7.05. The third-order valence-electron chi connectivity index (χ3n) is 4.85. The Hall–Kier alpha value is -1.26. The molecule has 0 radical (unpaired) electrons. The molecule has 0 amide bonds. The highest BCUT2D eigenvalue weighted by Crippen LogP contribution is 2.45. The smallest absolute Gasteiger partial charge is 0.341 e. The number of rotatable bonds is 4. The highest BCUT2D eigenvalue weighted by Gasteiger charge is 2.39. The normalized spacial score (nSPS) is 21.3. The zero-order valence-corrected chi connectivity index (χ0v) is 14.1. The van der Waals surface area contributed by atoms with E-state index in [0.29, 0.717) is 17.9 Å². The fourth-order valence-corrected chi connectivity index (χ4v) is 4.27. The van der Waals surface area contributed by atoms with Gasteiger partial charge >= 0.3 is 5.97 Å². The molecule has 1 aromatic carbocycles. The molecule has 0 bridgehead atoms. The predicted molar refractivity (Wildman–Crippen MR) is 87.7 cm³/mol. The molecule has 2 aliphatic carbocycles. The van der Waals surface area contributed by atoms with E-state index in [9.17, 15) is 9.59 Å². The lowest BCUT2D eigenvalue weighted by Crippen LogP contribution is -2.23. The van der Waals surface area contributed by atoms with Crippen molar-refractivity contribution in [1.29, 1.82) is 0 Å². The van der Waals surface area contributed by atoms with Gasteiger partial charge in [0, 0.05) is 11.5 Å². The van der Waals surface area contributed by atoms with Crippen molar-refractivity contribution in [3.63, 3.8) is 0 Å². The molecular formula is C17H18Cl2O4. The van der Waals surface area contributed by atoms with Crippen LogP contribution in [0.5, 0.6) is 5.75 Å². The Morgan fingerprint density at radius 3 is 2.57 bits per heavy atom. The number of carbonyl (C=O) groups excluding carboxylic acids is 1. The van der Waals surface area contributed by atoms with E-state index in [0.717, 1.165) is 18.4 Å². The molecule has 6 heteroatoms. The van der Waals surface area contributed by atoms with Crippen molar-refractivity contribution in [2.75, 3.05) is 6.61 Å². The van der Waals surface area contributed by atoms with Crippen LogP contribution in [0.15, 0.2) is 6.07 Å². The van der Waals surface area contributed by atoms with Crippen LogP contribution in [-0.4, -0.2) is 23.5 Å². The minimum atomic E-state index is -1.09. The molecule has 23 heavy (non-hydrogen) atoms. The molecule has 4 nitrogen and oxygen atoms in total. The van der Waals surface area contributed by atoms with Crippen LogP contribution in [-0.2, 0) is 11.2 Å². The average Bonchev–Trinajstić information content (AvgIpc) is 2.87. The number of carboxylic acid groups (broad SMARTS) is 1. The van der Waals surface area contributed by atoms with Crippen LogP contribution in [0.25, 0.3) is 0 Å². The van der Waals surface area contributed by atoms with Crippen molar-refractivity contribution in [3.05, 3.63) is 27.2 Å². The van der Waals surface area contributed by atoms with Crippen LogP contribution in [0, 0.1) is 11.8 Å². The third-order valence-corrected chi connectivity index (χ3v) is 5.70. The van der Waals surface area contributed by atoms with E-state index in [1.165, 1.54) is 19.3 Å². The van der Waals surface area contributed by atoms with Gasteiger partial charge in [0.05, 0.1) is 5.02 Å². The molecule has 1 N–H and O–H groups in total. The molecule has 124 valence electrons. The molecule has 0 spiro atoms. The van der Waals surface area contributed by atoms with Crippen LogP contribution in [0.2, 0.25) is 10.0 Å². The minimum absolute atomic E-state index is 0.0337. The van der Waals surface area contributed by atoms with E-state index in [4.69, 9.17) is 33.0 Å². The van der Waals surface area contributed by atoms with Gasteiger partial charge < -0.3 is 9.84 Å². The maximum absolute atomic E-state index is 12.8. The number of hydrogen-bond acceptors (Lipinski definition) is 3. The number of aliphatic carboxylic acids is 1. The topological polar surface area (TPSA) is 63.6 Å². The second-order valence-electron chi connectivity index (χ2n) is 6.29. The van der Waals surface area contributed by atoms with Gasteiger partial charge in [0.2, 0.25) is 0 Å². The van der Waals surface area contributed by atoms with Crippen LogP contribution >= 0.6 is 23.2 Å². The predicted octanol–water partition coefficient (Wildman–Crippen LogP) is 4.39. The molecule has 0 unspecified atom stereocenters. The first kappa shape index (κ1) is 16.6. The summed E-state index contributed by atoms with van der Waals surface area (Å²) in [5.74, 6) is -0.414. The number of benzene rings is 1. The molecule has 1 atom stereocenters. The summed E-state index contributed by atoms with van der Waals surface area (Å²) in [5, 5.41) is 9.03. The van der Waals surface area contributed by atoms with Gasteiger partial charge in [0.15, 0.2) is 12.4 Å². The fraction of sp³-hybridized carbons (Fsp3) is 0.529. The lowest BCUT2D eigenvalue weighted by atomic mass is 9.78. The Bertz CT molecular complexity index is 650. The summed E-state index contributed by atoms with van der Waals surface area (Å²) < 4.78 is 5.19. The third kappa shape index (κ3) is 3.20. The van der Waals surface area contributed by atoms with Gasteiger partial charge in [-0.2, -0.15) is 0 Å². The highest BCUT2D eigenvalue weighted by atomic mass is 35.5. The Balaban J connectivity index is 1.88. The molecule has 3 rings (SSSR count). The van der Waals surface area contributed by atoms with Crippen molar-refractivity contribution in [3.8, 4) is 5.75 Å². The summed E-state index contributed by atoms with van der Waals surface area (Å²) in [4.78, 5) is 23.4. The number of carbonyl (C=O) groups is 2. The lowest BCUT2D eigenvalue weighted by molar-refractivity contribution is -0.139. The number of fused-ring (bicyclic) bond motifs is 1. The summed E-state index contributed by atoms with van der Waals surface area (Å²) >= 11 is 12.4. The first-order valence-corrected chi connectivity index (χ1v) is 8.64. The number of Topliss-reactive ketones (excluding diaryl/α,β-unsaturated/α-hetero) is 1. The molecule has 0 heterocycles. The van der Waals surface area contributed by atoms with Gasteiger partial charge in [-0.1, -0.05) is 42.5 Å². The molecule has 0 aromatic heterocycles. The van der Waals surface area contributed by atoms with Crippen LogP contribution < -0.4 is 4.74 Å². The average molecular weight is 357 g/mol. The number of hydrogen-bond donors (Lipinski definition) is 1. The molecule has 1 fully saturated rings. The number of halogens is 2. The summed E-state index contributed by atoms with van der Waals surface area (Å²) in [6.45, 7) is -0.491. The molecular weight excluding hydrogens is 339 g/mol. The minimum Gasteiger partial charge on any atom is -0.480 e. The monoisotopic (exact) mass is 356 g/mol. The Morgan fingerprint density at radius 1 is 1.22 bits per heavy atom. The van der Waals surface area contributed by atoms with Gasteiger partial charge in [0.1, 0.15) is 10.8 Å². The van der Waals surface area contributed by atoms with Crippen molar-refractivity contribution in [1.82, 2.24) is 0 Å². The van der Waals surface area contributed by atoms with E-state index in [1.807, 2.05) is 0 Å². The number of ketones is 1. The molecule has 1 aromatic rings. The van der Waals surface area contributed by atoms with Gasteiger partial charge in [-0.3, -0.25) is 4.79 Å². The lowest BCUT2D eigenvalue weighted by Gasteiger charge is -2.26. The van der Waals surface area contributed by atoms with Crippen LogP contribution in [0.1, 0.15) is 48.0 Å². The summed E-state index contributed by atoms with van der Waals surface area (Å²) in [6, 6.07) is 1.67. The molecule has 0 aliphatic heterocycles. The zero-order valence-electron chi connectivity index (χ0n) is 12.6. The van der Waals surface area contributed by atoms with E-state index in [-0.39, 0.29) is 27.5 Å². The van der Waals surface area contributed by atoms with Gasteiger partial charge in [0.25, 0.3) is 0 Å². The quantitative estimate of drug-likeness (QED) is 0.868. The summed E-state index contributed by atoms with van der Waals surface area (Å²) in [7, 11) is 0. The van der Waals surface area contributed by atoms with Crippen LogP contribution in [0.3, 0.4) is 0 Å². The van der Waals surface area contributed by atoms with Crippen molar-refractivity contribution < 1.29 is 19.4 Å². The van der Waals surface area contributed by atoms with E-state index >= 15 is 0 Å². The number of ether oxygens (including phenoxy) is 1. The Labute approximate surface area is 144 Å². The molecule has 2 aliphatic rings. The zero-order chi connectivity index (χ0) is 16.6. The Morgan fingerprint density at radius 2 is 1.91 bits per heavy atom. The first-order valence-electron chi connectivity index (χ1n) is 7.88. The second kappa shape index (κ2) is 6.70. The largest absolute Gasteiger partial charge is 0.480 e. The fourth-order valence-electron chi connectivity index (χ4n) is 3.76. The van der Waals surface area contributed by atoms with Crippen molar-refractivity contribution in [2.24, 2.45) is 11.8 Å². The van der Waals surface area contributed by atoms with E-state index < -0.39 is 12.6 Å². The SMILES string of the molecule is O=C(O)COc1cc2c(c(Cl)c1Cl)C(=O)[C@H](C1CCCCC1)C2. The van der Waals surface area contributed by atoms with E-state index in [2.05, 4.69) is 0 Å². The maximum atomic E-state index is 12.8. The van der Waals surface area contributed by atoms with Gasteiger partial charge in [-0.05, 0) is 36.8 Å². The molecule has 1 saturated carbocycles. The number of carboxylic acids is 1. The summed E-state index contributed by atoms with van der Waals surface area (Å²) in [6.07, 6.45) is 6.39. The molecule has 0 saturated heterocycles. The van der Waals surface area contributed by atoms with Gasteiger partial charge in [-0.15, -0.1) is 0 Å². The van der Waals surface area contributed by atoms with Crippen molar-refractivity contribution in [2.45, 2.75) is 38.5 Å². The highest BCUT2D eigenvalue weighted by molar-refractivity contribution is 6.45. The Kier molecular flexibility index (Phi) is 4.83.